The molecule has 0 aromatic heterocycles. The van der Waals surface area contributed by atoms with E-state index >= 15 is 0 Å². The van der Waals surface area contributed by atoms with Crippen molar-refractivity contribution in [2.45, 2.75) is 11.8 Å². The summed E-state index contributed by atoms with van der Waals surface area (Å²) in [5.41, 5.74) is 1.35. The first-order valence-electron chi connectivity index (χ1n) is 9.97. The average molecular weight is 469 g/mol. The highest BCUT2D eigenvalue weighted by Gasteiger charge is 2.28. The lowest BCUT2D eigenvalue weighted by Gasteiger charge is -2.24. The molecule has 0 aliphatic carbocycles. The van der Waals surface area contributed by atoms with Crippen LogP contribution < -0.4 is 14.4 Å². The number of nitrogens with one attached hydrogen (secondary N) is 1. The van der Waals surface area contributed by atoms with Gasteiger partial charge in [-0.3, -0.25) is 9.10 Å². The maximum atomic E-state index is 13.5. The van der Waals surface area contributed by atoms with Crippen molar-refractivity contribution in [3.8, 4) is 5.75 Å². The minimum Gasteiger partial charge on any atom is -0.496 e. The molecule has 0 radical (unpaired) electrons. The summed E-state index contributed by atoms with van der Waals surface area (Å²) in [6, 6.07) is 19.1. The number of ether oxygens (including phenoxy) is 2. The van der Waals surface area contributed by atoms with Crippen LogP contribution in [0.3, 0.4) is 0 Å². The van der Waals surface area contributed by atoms with Crippen LogP contribution >= 0.6 is 0 Å². The zero-order valence-electron chi connectivity index (χ0n) is 18.4. The molecule has 8 nitrogen and oxygen atoms in total. The predicted molar refractivity (Wildman–Crippen MR) is 125 cm³/mol. The van der Waals surface area contributed by atoms with E-state index in [1.807, 2.05) is 0 Å². The Kier molecular flexibility index (Phi) is 7.34. The van der Waals surface area contributed by atoms with Gasteiger partial charge < -0.3 is 14.8 Å². The van der Waals surface area contributed by atoms with Gasteiger partial charge in [-0.05, 0) is 55.0 Å². The van der Waals surface area contributed by atoms with Crippen molar-refractivity contribution in [2.75, 3.05) is 30.4 Å². The molecule has 1 amide bonds. The zero-order chi connectivity index (χ0) is 24.0. The van der Waals surface area contributed by atoms with Crippen LogP contribution in [0.2, 0.25) is 0 Å². The van der Waals surface area contributed by atoms with Crippen LogP contribution in [0.15, 0.2) is 77.7 Å². The minimum atomic E-state index is -4.09. The Bertz CT molecular complexity index is 1260. The van der Waals surface area contributed by atoms with E-state index in [9.17, 15) is 18.0 Å². The Hall–Kier alpha value is -3.85. The molecule has 3 rings (SSSR count). The number of rotatable bonds is 8. The second-order valence-electron chi connectivity index (χ2n) is 7.06. The van der Waals surface area contributed by atoms with Gasteiger partial charge in [0.2, 0.25) is 5.91 Å². The van der Waals surface area contributed by atoms with Crippen LogP contribution in [0.1, 0.15) is 15.9 Å². The standard InChI is InChI=1S/C24H24N2O6S/c1-17-15-19(13-14-22(17)31-2)33(29,30)26(18-9-5-4-6-10-18)16-23(27)25-21-12-8-7-11-20(21)24(28)32-3/h4-15H,16H2,1-3H3,(H,25,27). The summed E-state index contributed by atoms with van der Waals surface area (Å²) in [6.07, 6.45) is 0. The van der Waals surface area contributed by atoms with Gasteiger partial charge in [-0.2, -0.15) is 0 Å². The first kappa shape index (κ1) is 23.8. The second-order valence-corrected chi connectivity index (χ2v) is 8.93. The van der Waals surface area contributed by atoms with Gasteiger partial charge in [-0.15, -0.1) is 0 Å². The highest BCUT2D eigenvalue weighted by atomic mass is 32.2. The first-order valence-corrected chi connectivity index (χ1v) is 11.4. The number of aryl methyl sites for hydroxylation is 1. The van der Waals surface area contributed by atoms with Crippen LogP contribution in [-0.4, -0.2) is 41.1 Å². The molecular weight excluding hydrogens is 444 g/mol. The van der Waals surface area contributed by atoms with Crippen molar-refractivity contribution < 1.29 is 27.5 Å². The molecule has 0 atom stereocenters. The number of nitrogens with zero attached hydrogens (tertiary/aromatic N) is 1. The van der Waals surface area contributed by atoms with Crippen molar-refractivity contribution in [2.24, 2.45) is 0 Å². The van der Waals surface area contributed by atoms with Gasteiger partial charge >= 0.3 is 5.97 Å². The van der Waals surface area contributed by atoms with Gasteiger partial charge in [0.25, 0.3) is 10.0 Å². The third kappa shape index (κ3) is 5.32. The summed E-state index contributed by atoms with van der Waals surface area (Å²) < 4.78 is 38.0. The van der Waals surface area contributed by atoms with E-state index in [0.29, 0.717) is 17.0 Å². The lowest BCUT2D eigenvalue weighted by atomic mass is 10.2. The highest BCUT2D eigenvalue weighted by Crippen LogP contribution is 2.27. The maximum Gasteiger partial charge on any atom is 0.339 e. The lowest BCUT2D eigenvalue weighted by Crippen LogP contribution is -2.38. The molecule has 3 aromatic carbocycles. The Labute approximate surface area is 192 Å². The quantitative estimate of drug-likeness (QED) is 0.507. The van der Waals surface area contributed by atoms with E-state index in [2.05, 4.69) is 5.32 Å². The number of para-hydroxylation sites is 2. The summed E-state index contributed by atoms with van der Waals surface area (Å²) in [5, 5.41) is 2.61. The molecule has 1 N–H and O–H groups in total. The number of amides is 1. The molecule has 0 saturated heterocycles. The topological polar surface area (TPSA) is 102 Å². The maximum absolute atomic E-state index is 13.5. The van der Waals surface area contributed by atoms with Gasteiger partial charge in [-0.1, -0.05) is 30.3 Å². The Balaban J connectivity index is 1.96. The van der Waals surface area contributed by atoms with E-state index in [1.54, 1.807) is 61.5 Å². The number of methoxy groups -OCH3 is 2. The fourth-order valence-corrected chi connectivity index (χ4v) is 4.75. The van der Waals surface area contributed by atoms with Crippen molar-refractivity contribution in [3.63, 3.8) is 0 Å². The summed E-state index contributed by atoms with van der Waals surface area (Å²) in [7, 11) is -1.35. The van der Waals surface area contributed by atoms with Crippen LogP contribution in [0.4, 0.5) is 11.4 Å². The number of carbonyl (C=O) groups excluding carboxylic acids is 2. The number of hydrogen-bond acceptors (Lipinski definition) is 6. The van der Waals surface area contributed by atoms with Crippen molar-refractivity contribution in [1.29, 1.82) is 0 Å². The van der Waals surface area contributed by atoms with Crippen molar-refractivity contribution in [3.05, 3.63) is 83.9 Å². The molecule has 0 spiro atoms. The molecule has 0 heterocycles. The third-order valence-corrected chi connectivity index (χ3v) is 6.66. The van der Waals surface area contributed by atoms with E-state index in [-0.39, 0.29) is 16.1 Å². The fraction of sp³-hybridized carbons (Fsp3) is 0.167. The molecule has 0 saturated carbocycles. The van der Waals surface area contributed by atoms with Gasteiger partial charge in [0.1, 0.15) is 12.3 Å². The van der Waals surface area contributed by atoms with Gasteiger partial charge in [0, 0.05) is 0 Å². The highest BCUT2D eigenvalue weighted by molar-refractivity contribution is 7.92. The SMILES string of the molecule is COC(=O)c1ccccc1NC(=O)CN(c1ccccc1)S(=O)(=O)c1ccc(OC)c(C)c1. The van der Waals surface area contributed by atoms with Gasteiger partial charge in [0.15, 0.2) is 0 Å². The van der Waals surface area contributed by atoms with Crippen molar-refractivity contribution >= 4 is 33.3 Å². The van der Waals surface area contributed by atoms with Crippen LogP contribution in [-0.2, 0) is 19.6 Å². The van der Waals surface area contributed by atoms with E-state index < -0.39 is 28.4 Å². The van der Waals surface area contributed by atoms with Gasteiger partial charge in [0.05, 0.1) is 36.1 Å². The third-order valence-electron chi connectivity index (χ3n) is 4.89. The smallest absolute Gasteiger partial charge is 0.339 e. The van der Waals surface area contributed by atoms with Gasteiger partial charge in [-0.25, -0.2) is 13.2 Å². The monoisotopic (exact) mass is 468 g/mol. The fourth-order valence-electron chi connectivity index (χ4n) is 3.25. The van der Waals surface area contributed by atoms with Crippen molar-refractivity contribution in [1.82, 2.24) is 0 Å². The number of hydrogen-bond donors (Lipinski definition) is 1. The molecule has 3 aromatic rings. The van der Waals surface area contributed by atoms with E-state index in [1.165, 1.54) is 32.4 Å². The van der Waals surface area contributed by atoms with Crippen LogP contribution in [0.5, 0.6) is 5.75 Å². The number of anilines is 2. The number of carbonyl (C=O) groups is 2. The summed E-state index contributed by atoms with van der Waals surface area (Å²) in [6.45, 7) is 1.23. The van der Waals surface area contributed by atoms with E-state index in [4.69, 9.17) is 9.47 Å². The molecule has 172 valence electrons. The Morgan fingerprint density at radius 2 is 1.61 bits per heavy atom. The molecule has 0 bridgehead atoms. The Morgan fingerprint density at radius 3 is 2.24 bits per heavy atom. The van der Waals surface area contributed by atoms with E-state index in [0.717, 1.165) is 4.31 Å². The average Bonchev–Trinajstić information content (AvgIpc) is 2.82. The normalized spacial score (nSPS) is 10.9. The lowest BCUT2D eigenvalue weighted by molar-refractivity contribution is -0.114. The number of benzene rings is 3. The van der Waals surface area contributed by atoms with Crippen LogP contribution in [0.25, 0.3) is 0 Å². The molecule has 0 aliphatic rings. The summed E-state index contributed by atoms with van der Waals surface area (Å²) in [4.78, 5) is 24.9. The number of esters is 1. The number of sulfonamides is 1. The first-order chi connectivity index (χ1) is 15.8. The minimum absolute atomic E-state index is 0.0208. The molecule has 0 aliphatic heterocycles. The zero-order valence-corrected chi connectivity index (χ0v) is 19.3. The molecule has 0 unspecified atom stereocenters. The molecule has 0 fully saturated rings. The second kappa shape index (κ2) is 10.2. The molecular formula is C24H24N2O6S. The molecule has 9 heteroatoms. The Morgan fingerprint density at radius 1 is 0.939 bits per heavy atom. The predicted octanol–water partition coefficient (Wildman–Crippen LogP) is 3.62. The summed E-state index contributed by atoms with van der Waals surface area (Å²) in [5.74, 6) is -0.687. The summed E-state index contributed by atoms with van der Waals surface area (Å²) >= 11 is 0. The molecule has 33 heavy (non-hydrogen) atoms. The van der Waals surface area contributed by atoms with Crippen LogP contribution in [0, 0.1) is 6.92 Å². The largest absolute Gasteiger partial charge is 0.496 e.